The lowest BCUT2D eigenvalue weighted by Crippen LogP contribution is -2.14. The van der Waals surface area contributed by atoms with Crippen LogP contribution in [0.15, 0.2) is 101 Å². The molecular weight excluding hydrogens is 574 g/mol. The van der Waals surface area contributed by atoms with Crippen LogP contribution in [0.2, 0.25) is 0 Å². The lowest BCUT2D eigenvalue weighted by atomic mass is 10.0. The third kappa shape index (κ3) is 6.48. The van der Waals surface area contributed by atoms with E-state index in [1.807, 2.05) is 12.1 Å². The summed E-state index contributed by atoms with van der Waals surface area (Å²) in [6.07, 6.45) is 5.66. The molecule has 224 valence electrons. The van der Waals surface area contributed by atoms with Crippen LogP contribution in [0.5, 0.6) is 5.75 Å². The maximum absolute atomic E-state index is 13.9. The summed E-state index contributed by atoms with van der Waals surface area (Å²) in [7, 11) is -2.37. The fraction of sp³-hybridized carbons (Fsp3) is 0.171. The van der Waals surface area contributed by atoms with Crippen molar-refractivity contribution in [3.63, 3.8) is 0 Å². The van der Waals surface area contributed by atoms with E-state index in [0.29, 0.717) is 40.0 Å². The zero-order valence-corrected chi connectivity index (χ0v) is 25.4. The third-order valence-corrected chi connectivity index (χ3v) is 9.29. The van der Waals surface area contributed by atoms with Crippen molar-refractivity contribution >= 4 is 44.3 Å². The Morgan fingerprint density at radius 2 is 1.64 bits per heavy atom. The quantitative estimate of drug-likeness (QED) is 0.118. The topological polar surface area (TPSA) is 128 Å². The number of aldehydes is 1. The molecule has 3 N–H and O–H groups in total. The molecule has 1 heterocycles. The molecule has 0 aliphatic carbocycles. The van der Waals surface area contributed by atoms with Gasteiger partial charge in [0, 0.05) is 29.8 Å². The molecule has 44 heavy (non-hydrogen) atoms. The fourth-order valence-corrected chi connectivity index (χ4v) is 6.52. The predicted octanol–water partition coefficient (Wildman–Crippen LogP) is 6.81. The molecule has 0 saturated carbocycles. The number of anilines is 2. The number of methoxy groups -OCH3 is 1. The Bertz CT molecular complexity index is 1940. The number of nitrogens with one attached hydrogen (secondary N) is 1. The zero-order valence-electron chi connectivity index (χ0n) is 24.5. The molecule has 1 amide bonds. The minimum Gasteiger partial charge on any atom is -0.497 e. The molecule has 0 radical (unpaired) electrons. The third-order valence-electron chi connectivity index (χ3n) is 7.54. The Balaban J connectivity index is 1.48. The van der Waals surface area contributed by atoms with E-state index in [4.69, 9.17) is 10.5 Å². The van der Waals surface area contributed by atoms with Gasteiger partial charge >= 0.3 is 0 Å². The van der Waals surface area contributed by atoms with Gasteiger partial charge in [0.25, 0.3) is 5.91 Å². The molecule has 0 fully saturated rings. The largest absolute Gasteiger partial charge is 0.497 e. The number of primary amides is 1. The van der Waals surface area contributed by atoms with Crippen LogP contribution < -0.4 is 15.8 Å². The van der Waals surface area contributed by atoms with Gasteiger partial charge < -0.3 is 20.6 Å². The van der Waals surface area contributed by atoms with Crippen LogP contribution >= 0.6 is 0 Å². The number of amides is 1. The van der Waals surface area contributed by atoms with Gasteiger partial charge in [0.15, 0.2) is 0 Å². The molecule has 4 aromatic carbocycles. The van der Waals surface area contributed by atoms with Gasteiger partial charge in [0.05, 0.1) is 33.7 Å². The van der Waals surface area contributed by atoms with Gasteiger partial charge in [0.2, 0.25) is 9.84 Å². The lowest BCUT2D eigenvalue weighted by Gasteiger charge is -2.16. The molecule has 8 nitrogen and oxygen atoms in total. The maximum atomic E-state index is 13.9. The van der Waals surface area contributed by atoms with E-state index in [0.717, 1.165) is 36.7 Å². The van der Waals surface area contributed by atoms with E-state index >= 15 is 0 Å². The Morgan fingerprint density at radius 1 is 0.932 bits per heavy atom. The van der Waals surface area contributed by atoms with Crippen molar-refractivity contribution in [2.75, 3.05) is 12.4 Å². The van der Waals surface area contributed by atoms with Crippen molar-refractivity contribution in [2.24, 2.45) is 5.73 Å². The average molecular weight is 608 g/mol. The number of ether oxygens (including phenoxy) is 1. The van der Waals surface area contributed by atoms with Crippen LogP contribution in [0, 0.1) is 6.92 Å². The first-order chi connectivity index (χ1) is 21.2. The van der Waals surface area contributed by atoms with Gasteiger partial charge in [-0.25, -0.2) is 8.42 Å². The Hall–Kier alpha value is -5.02. The first-order valence-electron chi connectivity index (χ1n) is 14.2. The van der Waals surface area contributed by atoms with Crippen LogP contribution in [0.4, 0.5) is 11.4 Å². The summed E-state index contributed by atoms with van der Waals surface area (Å²) in [5.74, 6) is -0.0869. The second kappa shape index (κ2) is 13.1. The summed E-state index contributed by atoms with van der Waals surface area (Å²) in [5, 5.41) is 3.68. The molecular formula is C35H33N3O5S. The van der Waals surface area contributed by atoms with E-state index < -0.39 is 15.7 Å². The van der Waals surface area contributed by atoms with Crippen LogP contribution in [-0.2, 0) is 21.1 Å². The van der Waals surface area contributed by atoms with Crippen LogP contribution in [0.25, 0.3) is 22.0 Å². The molecule has 0 aliphatic heterocycles. The number of sulfone groups is 1. The number of carbonyl (C=O) groups excluding carboxylic acids is 2. The predicted molar refractivity (Wildman–Crippen MR) is 172 cm³/mol. The second-order valence-electron chi connectivity index (χ2n) is 10.5. The van der Waals surface area contributed by atoms with E-state index in [-0.39, 0.29) is 15.4 Å². The van der Waals surface area contributed by atoms with E-state index in [1.54, 1.807) is 68.6 Å². The van der Waals surface area contributed by atoms with Crippen LogP contribution in [0.3, 0.4) is 0 Å². The van der Waals surface area contributed by atoms with Gasteiger partial charge in [-0.15, -0.1) is 0 Å². The molecule has 1 aromatic heterocycles. The lowest BCUT2D eigenvalue weighted by molar-refractivity contribution is -0.107. The summed E-state index contributed by atoms with van der Waals surface area (Å²) in [6.45, 7) is 1.78. The SMILES string of the molecule is COc1cccc(Nc2c(C(N)=O)cnc3c(C)cc(S(=O)(=O)c4ccc(-c5ccc(CCCCC=O)cc5)cc4)cc23)c1. The molecule has 5 rings (SSSR count). The van der Waals surface area contributed by atoms with Gasteiger partial charge in [0.1, 0.15) is 12.0 Å². The van der Waals surface area contributed by atoms with Crippen LogP contribution in [-0.4, -0.2) is 32.7 Å². The van der Waals surface area contributed by atoms with Gasteiger partial charge in [-0.1, -0.05) is 42.5 Å². The second-order valence-corrected chi connectivity index (χ2v) is 12.5. The normalized spacial score (nSPS) is 11.3. The summed E-state index contributed by atoms with van der Waals surface area (Å²) in [6, 6.07) is 25.2. The summed E-state index contributed by atoms with van der Waals surface area (Å²) in [4.78, 5) is 27.6. The van der Waals surface area contributed by atoms with Gasteiger partial charge in [-0.05, 0) is 84.8 Å². The first kappa shape index (κ1) is 30.4. The number of rotatable bonds is 12. The highest BCUT2D eigenvalue weighted by Gasteiger charge is 2.22. The summed E-state index contributed by atoms with van der Waals surface area (Å²) >= 11 is 0. The number of hydrogen-bond donors (Lipinski definition) is 2. The number of aryl methyl sites for hydroxylation is 2. The number of aromatic nitrogens is 1. The number of carbonyl (C=O) groups is 2. The van der Waals surface area contributed by atoms with Crippen molar-refractivity contribution in [1.29, 1.82) is 0 Å². The molecule has 0 spiro atoms. The smallest absolute Gasteiger partial charge is 0.252 e. The Kier molecular flexibility index (Phi) is 9.06. The molecule has 0 atom stereocenters. The van der Waals surface area contributed by atoms with Gasteiger partial charge in [-0.3, -0.25) is 9.78 Å². The number of nitrogens with two attached hydrogens (primary N) is 1. The molecule has 0 aliphatic rings. The Morgan fingerprint density at radius 3 is 2.30 bits per heavy atom. The maximum Gasteiger partial charge on any atom is 0.252 e. The van der Waals surface area contributed by atoms with Crippen molar-refractivity contribution in [3.05, 3.63) is 108 Å². The fourth-order valence-electron chi connectivity index (χ4n) is 5.15. The Labute approximate surface area is 256 Å². The molecule has 0 unspecified atom stereocenters. The van der Waals surface area contributed by atoms with E-state index in [9.17, 15) is 18.0 Å². The number of benzene rings is 4. The minimum atomic E-state index is -3.92. The molecule has 5 aromatic rings. The monoisotopic (exact) mass is 607 g/mol. The van der Waals surface area contributed by atoms with Crippen molar-refractivity contribution in [2.45, 2.75) is 42.4 Å². The standard InChI is InChI=1S/C35H33N3O5S/c1-23-19-30(21-31-33(23)37-22-32(35(36)40)34(31)38-27-8-6-9-28(20-27)43-2)44(41,42)29-16-14-26(15-17-29)25-12-10-24(11-13-25)7-4-3-5-18-39/h6,8-22H,3-5,7H2,1-2H3,(H2,36,40)(H,37,38). The van der Waals surface area contributed by atoms with Crippen molar-refractivity contribution in [3.8, 4) is 16.9 Å². The average Bonchev–Trinajstić information content (AvgIpc) is 3.03. The molecule has 0 bridgehead atoms. The molecule has 9 heteroatoms. The number of pyridine rings is 1. The van der Waals surface area contributed by atoms with E-state index in [1.165, 1.54) is 17.8 Å². The summed E-state index contributed by atoms with van der Waals surface area (Å²) < 4.78 is 33.1. The zero-order chi connectivity index (χ0) is 31.3. The first-order valence-corrected chi connectivity index (χ1v) is 15.7. The number of hydrogen-bond acceptors (Lipinski definition) is 7. The highest BCUT2D eigenvalue weighted by Crippen LogP contribution is 2.35. The van der Waals surface area contributed by atoms with Crippen molar-refractivity contribution in [1.82, 2.24) is 4.98 Å². The minimum absolute atomic E-state index is 0.0753. The number of nitrogens with zero attached hydrogens (tertiary/aromatic N) is 1. The highest BCUT2D eigenvalue weighted by molar-refractivity contribution is 7.91. The molecule has 0 saturated heterocycles. The summed E-state index contributed by atoms with van der Waals surface area (Å²) in [5.41, 5.74) is 11.1. The van der Waals surface area contributed by atoms with E-state index in [2.05, 4.69) is 22.4 Å². The van der Waals surface area contributed by atoms with Crippen molar-refractivity contribution < 1.29 is 22.7 Å². The number of unbranched alkanes of at least 4 members (excludes halogenated alkanes) is 2. The highest BCUT2D eigenvalue weighted by atomic mass is 32.2. The van der Waals surface area contributed by atoms with Crippen LogP contribution in [0.1, 0.15) is 40.7 Å². The number of fused-ring (bicyclic) bond motifs is 1. The van der Waals surface area contributed by atoms with Gasteiger partial charge in [-0.2, -0.15) is 0 Å².